The standard InChI is InChI=1S/C16H23NO4/c1-13-11-16(19-2,20-3)9-10-17(13)15(18)21-12-14-7-5-4-6-8-14/h4-8,13H,9-12H2,1-3H3. The number of hydrogen-bond donors (Lipinski definition) is 0. The SMILES string of the molecule is COC1(OC)CCN(C(=O)OCc2ccccc2)C(C)C1. The molecule has 1 aliphatic rings. The Labute approximate surface area is 125 Å². The van der Waals surface area contributed by atoms with Crippen molar-refractivity contribution in [3.8, 4) is 0 Å². The lowest BCUT2D eigenvalue weighted by Crippen LogP contribution is -2.53. The van der Waals surface area contributed by atoms with Crippen molar-refractivity contribution in [2.75, 3.05) is 20.8 Å². The molecule has 1 fully saturated rings. The van der Waals surface area contributed by atoms with Crippen LogP contribution in [0.3, 0.4) is 0 Å². The molecule has 0 aliphatic carbocycles. The van der Waals surface area contributed by atoms with Crippen LogP contribution in [0, 0.1) is 0 Å². The van der Waals surface area contributed by atoms with E-state index in [2.05, 4.69) is 0 Å². The van der Waals surface area contributed by atoms with E-state index in [1.165, 1.54) is 0 Å². The predicted molar refractivity (Wildman–Crippen MR) is 78.8 cm³/mol. The largest absolute Gasteiger partial charge is 0.445 e. The van der Waals surface area contributed by atoms with Gasteiger partial charge in [-0.3, -0.25) is 0 Å². The molecule has 0 saturated carbocycles. The van der Waals surface area contributed by atoms with Gasteiger partial charge < -0.3 is 19.1 Å². The molecule has 116 valence electrons. The van der Waals surface area contributed by atoms with Crippen LogP contribution in [0.25, 0.3) is 0 Å². The normalized spacial score (nSPS) is 21.1. The van der Waals surface area contributed by atoms with Gasteiger partial charge in [0, 0.05) is 39.6 Å². The molecule has 0 aromatic heterocycles. The summed E-state index contributed by atoms with van der Waals surface area (Å²) < 4.78 is 16.3. The Morgan fingerprint density at radius 1 is 1.29 bits per heavy atom. The van der Waals surface area contributed by atoms with E-state index in [0.29, 0.717) is 26.0 Å². The van der Waals surface area contributed by atoms with Gasteiger partial charge in [-0.2, -0.15) is 0 Å². The molecule has 1 saturated heterocycles. The van der Waals surface area contributed by atoms with Crippen molar-refractivity contribution in [1.82, 2.24) is 4.90 Å². The monoisotopic (exact) mass is 293 g/mol. The third-order valence-corrected chi connectivity index (χ3v) is 4.06. The number of piperidine rings is 1. The zero-order valence-corrected chi connectivity index (χ0v) is 12.9. The van der Waals surface area contributed by atoms with Gasteiger partial charge in [0.2, 0.25) is 0 Å². The van der Waals surface area contributed by atoms with Crippen molar-refractivity contribution >= 4 is 6.09 Å². The van der Waals surface area contributed by atoms with Crippen LogP contribution >= 0.6 is 0 Å². The van der Waals surface area contributed by atoms with E-state index in [4.69, 9.17) is 14.2 Å². The second kappa shape index (κ2) is 6.91. The summed E-state index contributed by atoms with van der Waals surface area (Å²) in [5.74, 6) is -0.588. The molecule has 1 amide bonds. The molecular formula is C16H23NO4. The number of nitrogens with zero attached hydrogens (tertiary/aromatic N) is 1. The van der Waals surface area contributed by atoms with Crippen LogP contribution < -0.4 is 0 Å². The van der Waals surface area contributed by atoms with Crippen molar-refractivity contribution < 1.29 is 19.0 Å². The summed E-state index contributed by atoms with van der Waals surface area (Å²) in [6, 6.07) is 9.69. The van der Waals surface area contributed by atoms with Gasteiger partial charge in [-0.15, -0.1) is 0 Å². The summed E-state index contributed by atoms with van der Waals surface area (Å²) in [7, 11) is 3.28. The van der Waals surface area contributed by atoms with E-state index in [1.54, 1.807) is 19.1 Å². The minimum Gasteiger partial charge on any atom is -0.445 e. The summed E-state index contributed by atoms with van der Waals surface area (Å²) in [6.45, 7) is 2.84. The molecule has 2 rings (SSSR count). The number of amides is 1. The summed E-state index contributed by atoms with van der Waals surface area (Å²) >= 11 is 0. The van der Waals surface area contributed by atoms with E-state index >= 15 is 0 Å². The molecule has 5 heteroatoms. The number of ether oxygens (including phenoxy) is 3. The number of hydrogen-bond acceptors (Lipinski definition) is 4. The molecule has 0 spiro atoms. The van der Waals surface area contributed by atoms with Gasteiger partial charge in [-0.25, -0.2) is 4.79 Å². The molecule has 0 N–H and O–H groups in total. The smallest absolute Gasteiger partial charge is 0.410 e. The molecule has 1 heterocycles. The summed E-state index contributed by atoms with van der Waals surface area (Å²) in [5.41, 5.74) is 0.985. The maximum Gasteiger partial charge on any atom is 0.410 e. The molecule has 1 aliphatic heterocycles. The first-order valence-electron chi connectivity index (χ1n) is 7.18. The summed E-state index contributed by atoms with van der Waals surface area (Å²) in [5, 5.41) is 0. The summed E-state index contributed by atoms with van der Waals surface area (Å²) in [6.07, 6.45) is 0.998. The highest BCUT2D eigenvalue weighted by molar-refractivity contribution is 5.68. The molecular weight excluding hydrogens is 270 g/mol. The molecule has 1 unspecified atom stereocenters. The van der Waals surface area contributed by atoms with Gasteiger partial charge in [0.05, 0.1) is 0 Å². The molecule has 21 heavy (non-hydrogen) atoms. The van der Waals surface area contributed by atoms with Gasteiger partial charge >= 0.3 is 6.09 Å². The van der Waals surface area contributed by atoms with E-state index in [9.17, 15) is 4.79 Å². The van der Waals surface area contributed by atoms with Crippen LogP contribution in [0.5, 0.6) is 0 Å². The van der Waals surface area contributed by atoms with Gasteiger partial charge in [0.1, 0.15) is 6.61 Å². The highest BCUT2D eigenvalue weighted by atomic mass is 16.7. The van der Waals surface area contributed by atoms with Crippen LogP contribution in [0.4, 0.5) is 4.79 Å². The predicted octanol–water partition coefficient (Wildman–Crippen LogP) is 2.80. The van der Waals surface area contributed by atoms with Gasteiger partial charge in [-0.05, 0) is 12.5 Å². The first-order chi connectivity index (χ1) is 10.1. The molecule has 0 radical (unpaired) electrons. The maximum absolute atomic E-state index is 12.2. The quantitative estimate of drug-likeness (QED) is 0.801. The Morgan fingerprint density at radius 2 is 1.95 bits per heavy atom. The lowest BCUT2D eigenvalue weighted by Gasteiger charge is -2.43. The highest BCUT2D eigenvalue weighted by Crippen LogP contribution is 2.30. The molecule has 1 aromatic carbocycles. The summed E-state index contributed by atoms with van der Waals surface area (Å²) in [4.78, 5) is 13.9. The lowest BCUT2D eigenvalue weighted by molar-refractivity contribution is -0.234. The second-order valence-electron chi connectivity index (χ2n) is 5.36. The third-order valence-electron chi connectivity index (χ3n) is 4.06. The average molecular weight is 293 g/mol. The molecule has 0 bridgehead atoms. The molecule has 1 atom stereocenters. The van der Waals surface area contributed by atoms with Crippen molar-refractivity contribution in [2.45, 2.75) is 38.2 Å². The van der Waals surface area contributed by atoms with Crippen LogP contribution in [0.15, 0.2) is 30.3 Å². The topological polar surface area (TPSA) is 48.0 Å². The average Bonchev–Trinajstić information content (AvgIpc) is 2.53. The van der Waals surface area contributed by atoms with Crippen LogP contribution in [-0.2, 0) is 20.8 Å². The Balaban J connectivity index is 1.89. The maximum atomic E-state index is 12.2. The Morgan fingerprint density at radius 3 is 2.52 bits per heavy atom. The molecule has 5 nitrogen and oxygen atoms in total. The Hall–Kier alpha value is -1.59. The second-order valence-corrected chi connectivity index (χ2v) is 5.36. The fourth-order valence-electron chi connectivity index (χ4n) is 2.70. The van der Waals surface area contributed by atoms with Crippen LogP contribution in [0.2, 0.25) is 0 Å². The van der Waals surface area contributed by atoms with Gasteiger partial charge in [-0.1, -0.05) is 30.3 Å². The van der Waals surface area contributed by atoms with Crippen molar-refractivity contribution in [1.29, 1.82) is 0 Å². The number of carbonyl (C=O) groups excluding carboxylic acids is 1. The highest BCUT2D eigenvalue weighted by Gasteiger charge is 2.40. The van der Waals surface area contributed by atoms with E-state index in [0.717, 1.165) is 5.56 Å². The van der Waals surface area contributed by atoms with Crippen LogP contribution in [-0.4, -0.2) is 43.6 Å². The number of benzene rings is 1. The van der Waals surface area contributed by atoms with Crippen molar-refractivity contribution in [3.63, 3.8) is 0 Å². The van der Waals surface area contributed by atoms with Gasteiger partial charge in [0.15, 0.2) is 5.79 Å². The first kappa shape index (κ1) is 15.8. The zero-order chi connectivity index (χ0) is 15.3. The zero-order valence-electron chi connectivity index (χ0n) is 12.9. The Kier molecular flexibility index (Phi) is 5.20. The van der Waals surface area contributed by atoms with Crippen molar-refractivity contribution in [3.05, 3.63) is 35.9 Å². The number of methoxy groups -OCH3 is 2. The fraction of sp³-hybridized carbons (Fsp3) is 0.562. The van der Waals surface area contributed by atoms with E-state index in [1.807, 2.05) is 37.3 Å². The minimum absolute atomic E-state index is 0.0157. The minimum atomic E-state index is -0.588. The number of rotatable bonds is 4. The molecule has 1 aromatic rings. The fourth-order valence-corrected chi connectivity index (χ4v) is 2.70. The van der Waals surface area contributed by atoms with E-state index in [-0.39, 0.29) is 12.1 Å². The number of carbonyl (C=O) groups is 1. The van der Waals surface area contributed by atoms with Crippen molar-refractivity contribution in [2.24, 2.45) is 0 Å². The third kappa shape index (κ3) is 3.74. The first-order valence-corrected chi connectivity index (χ1v) is 7.18. The number of likely N-dealkylation sites (tertiary alicyclic amines) is 1. The van der Waals surface area contributed by atoms with Crippen LogP contribution in [0.1, 0.15) is 25.3 Å². The van der Waals surface area contributed by atoms with Gasteiger partial charge in [0.25, 0.3) is 0 Å². The lowest BCUT2D eigenvalue weighted by atomic mass is 9.97. The Bertz CT molecular complexity index is 459. The van der Waals surface area contributed by atoms with E-state index < -0.39 is 5.79 Å².